The topological polar surface area (TPSA) is 55.4 Å². The van der Waals surface area contributed by atoms with Crippen LogP contribution in [-0.4, -0.2) is 25.5 Å². The summed E-state index contributed by atoms with van der Waals surface area (Å²) in [7, 11) is 1.24. The van der Waals surface area contributed by atoms with Gasteiger partial charge in [0.15, 0.2) is 0 Å². The Bertz CT molecular complexity index is 466. The lowest BCUT2D eigenvalue weighted by Crippen LogP contribution is -2.28. The van der Waals surface area contributed by atoms with Crippen LogP contribution in [-0.2, 0) is 14.3 Å². The van der Waals surface area contributed by atoms with Crippen molar-refractivity contribution in [2.45, 2.75) is 0 Å². The quantitative estimate of drug-likeness (QED) is 0.683. The van der Waals surface area contributed by atoms with Crippen LogP contribution in [0, 0.1) is 0 Å². The molecular weight excluding hydrogens is 277 g/mol. The Morgan fingerprint density at radius 3 is 2.50 bits per heavy atom. The molecule has 4 nitrogen and oxygen atoms in total. The molecule has 6 heteroatoms. The first kappa shape index (κ1) is 14.5. The zero-order valence-electron chi connectivity index (χ0n) is 9.57. The molecule has 1 amide bonds. The summed E-state index contributed by atoms with van der Waals surface area (Å²) in [4.78, 5) is 22.2. The maximum Gasteiger partial charge on any atom is 0.325 e. The van der Waals surface area contributed by atoms with Crippen molar-refractivity contribution in [2.75, 3.05) is 13.7 Å². The highest BCUT2D eigenvalue weighted by Gasteiger charge is 2.04. The number of esters is 1. The molecule has 0 unspecified atom stereocenters. The van der Waals surface area contributed by atoms with Gasteiger partial charge in [0.1, 0.15) is 6.54 Å². The highest BCUT2D eigenvalue weighted by Crippen LogP contribution is 2.25. The van der Waals surface area contributed by atoms with Crippen LogP contribution in [0.3, 0.4) is 0 Å². The van der Waals surface area contributed by atoms with Crippen LogP contribution in [0.15, 0.2) is 24.3 Å². The molecule has 96 valence electrons. The van der Waals surface area contributed by atoms with Gasteiger partial charge in [0, 0.05) is 21.7 Å². The standard InChI is InChI=1S/C12H11Cl2NO3/c1-18-12(17)7-15-11(16)6-5-8-9(13)3-2-4-10(8)14/h2-6H,7H2,1H3,(H,15,16)/b6-5+. The van der Waals surface area contributed by atoms with Gasteiger partial charge in [0.2, 0.25) is 5.91 Å². The van der Waals surface area contributed by atoms with E-state index in [0.29, 0.717) is 15.6 Å². The second-order valence-electron chi connectivity index (χ2n) is 3.26. The molecule has 0 aliphatic rings. The van der Waals surface area contributed by atoms with Gasteiger partial charge in [-0.25, -0.2) is 0 Å². The van der Waals surface area contributed by atoms with E-state index in [9.17, 15) is 9.59 Å². The Hall–Kier alpha value is -1.52. The second-order valence-corrected chi connectivity index (χ2v) is 4.08. The number of carbonyl (C=O) groups is 2. The molecule has 0 heterocycles. The van der Waals surface area contributed by atoms with Crippen LogP contribution in [0.1, 0.15) is 5.56 Å². The summed E-state index contributed by atoms with van der Waals surface area (Å²) in [6.45, 7) is -0.185. The molecule has 0 spiro atoms. The summed E-state index contributed by atoms with van der Waals surface area (Å²) < 4.78 is 4.38. The molecule has 1 aromatic rings. The fourth-order valence-electron chi connectivity index (χ4n) is 1.12. The number of hydrogen-bond donors (Lipinski definition) is 1. The van der Waals surface area contributed by atoms with Crippen molar-refractivity contribution in [2.24, 2.45) is 0 Å². The highest BCUT2D eigenvalue weighted by molar-refractivity contribution is 6.37. The van der Waals surface area contributed by atoms with Crippen LogP contribution < -0.4 is 5.32 Å². The third kappa shape index (κ3) is 4.39. The minimum absolute atomic E-state index is 0.185. The lowest BCUT2D eigenvalue weighted by molar-refractivity contribution is -0.140. The summed E-state index contributed by atoms with van der Waals surface area (Å²) in [6.07, 6.45) is 2.73. The fraction of sp³-hybridized carbons (Fsp3) is 0.167. The van der Waals surface area contributed by atoms with Crippen LogP contribution >= 0.6 is 23.2 Å². The third-order valence-corrected chi connectivity index (χ3v) is 2.69. The van der Waals surface area contributed by atoms with E-state index in [-0.39, 0.29) is 6.54 Å². The SMILES string of the molecule is COC(=O)CNC(=O)/C=C/c1c(Cl)cccc1Cl. The molecule has 0 aromatic heterocycles. The van der Waals surface area contributed by atoms with E-state index in [1.807, 2.05) is 0 Å². The first-order chi connectivity index (χ1) is 8.54. The Morgan fingerprint density at radius 1 is 1.33 bits per heavy atom. The molecule has 0 bridgehead atoms. The fourth-order valence-corrected chi connectivity index (χ4v) is 1.64. The number of hydrogen-bond acceptors (Lipinski definition) is 3. The molecule has 0 atom stereocenters. The average molecular weight is 288 g/mol. The van der Waals surface area contributed by atoms with E-state index < -0.39 is 11.9 Å². The lowest BCUT2D eigenvalue weighted by atomic mass is 10.2. The number of carbonyl (C=O) groups excluding carboxylic acids is 2. The van der Waals surface area contributed by atoms with Crippen molar-refractivity contribution < 1.29 is 14.3 Å². The smallest absolute Gasteiger partial charge is 0.325 e. The van der Waals surface area contributed by atoms with Gasteiger partial charge in [-0.3, -0.25) is 9.59 Å². The van der Waals surface area contributed by atoms with Gasteiger partial charge in [-0.1, -0.05) is 29.3 Å². The average Bonchev–Trinajstić information content (AvgIpc) is 2.35. The Morgan fingerprint density at radius 2 is 1.94 bits per heavy atom. The van der Waals surface area contributed by atoms with Gasteiger partial charge in [-0.05, 0) is 18.2 Å². The van der Waals surface area contributed by atoms with Gasteiger partial charge < -0.3 is 10.1 Å². The minimum atomic E-state index is -0.521. The Balaban J connectivity index is 2.64. The predicted molar refractivity (Wildman–Crippen MR) is 70.5 cm³/mol. The van der Waals surface area contributed by atoms with Crippen LogP contribution in [0.5, 0.6) is 0 Å². The van der Waals surface area contributed by atoms with Crippen LogP contribution in [0.25, 0.3) is 6.08 Å². The normalized spacial score (nSPS) is 10.4. The van der Waals surface area contributed by atoms with Gasteiger partial charge in [0.05, 0.1) is 7.11 Å². The van der Waals surface area contributed by atoms with Crippen molar-refractivity contribution in [3.05, 3.63) is 39.9 Å². The molecule has 1 N–H and O–H groups in total. The molecular formula is C12H11Cl2NO3. The maximum atomic E-state index is 11.4. The highest BCUT2D eigenvalue weighted by atomic mass is 35.5. The molecule has 0 saturated carbocycles. The molecule has 0 saturated heterocycles. The minimum Gasteiger partial charge on any atom is -0.468 e. The van der Waals surface area contributed by atoms with E-state index in [2.05, 4.69) is 10.1 Å². The summed E-state index contributed by atoms with van der Waals surface area (Å²) in [6, 6.07) is 5.04. The summed E-state index contributed by atoms with van der Waals surface area (Å²) >= 11 is 11.8. The largest absolute Gasteiger partial charge is 0.468 e. The predicted octanol–water partition coefficient (Wildman–Crippen LogP) is 2.30. The van der Waals surface area contributed by atoms with Crippen molar-refractivity contribution >= 4 is 41.2 Å². The van der Waals surface area contributed by atoms with E-state index in [0.717, 1.165) is 0 Å². The zero-order valence-corrected chi connectivity index (χ0v) is 11.1. The van der Waals surface area contributed by atoms with Gasteiger partial charge in [-0.15, -0.1) is 0 Å². The number of rotatable bonds is 4. The first-order valence-electron chi connectivity index (χ1n) is 5.01. The summed E-state index contributed by atoms with van der Waals surface area (Å²) in [5, 5.41) is 3.24. The number of benzene rings is 1. The van der Waals surface area contributed by atoms with Gasteiger partial charge >= 0.3 is 5.97 Å². The number of ether oxygens (including phenoxy) is 1. The Labute approximate surface area is 115 Å². The second kappa shape index (κ2) is 7.03. The van der Waals surface area contributed by atoms with Crippen molar-refractivity contribution in [1.82, 2.24) is 5.32 Å². The molecule has 1 aromatic carbocycles. The molecule has 1 rings (SSSR count). The van der Waals surface area contributed by atoms with Crippen LogP contribution in [0.4, 0.5) is 0 Å². The lowest BCUT2D eigenvalue weighted by Gasteiger charge is -2.02. The third-order valence-electron chi connectivity index (χ3n) is 2.04. The molecule has 0 fully saturated rings. The molecule has 18 heavy (non-hydrogen) atoms. The van der Waals surface area contributed by atoms with Gasteiger partial charge in [-0.2, -0.15) is 0 Å². The zero-order chi connectivity index (χ0) is 13.5. The van der Waals surface area contributed by atoms with Crippen molar-refractivity contribution in [3.63, 3.8) is 0 Å². The van der Waals surface area contributed by atoms with E-state index in [1.54, 1.807) is 18.2 Å². The monoisotopic (exact) mass is 287 g/mol. The molecule has 0 aliphatic heterocycles. The molecule has 0 radical (unpaired) electrons. The summed E-state index contributed by atoms with van der Waals surface area (Å²) in [5.74, 6) is -0.955. The number of methoxy groups -OCH3 is 1. The van der Waals surface area contributed by atoms with E-state index in [1.165, 1.54) is 19.3 Å². The maximum absolute atomic E-state index is 11.4. The summed E-state index contributed by atoms with van der Waals surface area (Å²) in [5.41, 5.74) is 0.550. The van der Waals surface area contributed by atoms with Crippen molar-refractivity contribution in [1.29, 1.82) is 0 Å². The Kier molecular flexibility index (Phi) is 5.68. The van der Waals surface area contributed by atoms with E-state index >= 15 is 0 Å². The number of amides is 1. The van der Waals surface area contributed by atoms with E-state index in [4.69, 9.17) is 23.2 Å². The number of nitrogens with one attached hydrogen (secondary N) is 1. The first-order valence-corrected chi connectivity index (χ1v) is 5.77. The molecule has 0 aliphatic carbocycles. The van der Waals surface area contributed by atoms with Gasteiger partial charge in [0.25, 0.3) is 0 Å². The number of halogens is 2. The van der Waals surface area contributed by atoms with Crippen molar-refractivity contribution in [3.8, 4) is 0 Å². The van der Waals surface area contributed by atoms with Crippen LogP contribution in [0.2, 0.25) is 10.0 Å².